The lowest BCUT2D eigenvalue weighted by atomic mass is 10.2. The van der Waals surface area contributed by atoms with Crippen LogP contribution in [0.5, 0.6) is 0 Å². The number of hydrogen-bond acceptors (Lipinski definition) is 5. The molecule has 3 heterocycles. The summed E-state index contributed by atoms with van der Waals surface area (Å²) in [5.74, 6) is 0.744. The summed E-state index contributed by atoms with van der Waals surface area (Å²) in [5, 5.41) is 2.92. The maximum absolute atomic E-state index is 12.9. The molecule has 0 radical (unpaired) electrons. The van der Waals surface area contributed by atoms with Gasteiger partial charge in [-0.15, -0.1) is 11.3 Å². The van der Waals surface area contributed by atoms with E-state index >= 15 is 0 Å². The topological polar surface area (TPSA) is 84.3 Å². The van der Waals surface area contributed by atoms with E-state index < -0.39 is 10.0 Å². The first-order chi connectivity index (χ1) is 15.4. The molecule has 0 bridgehead atoms. The molecular formula is C22H27ClN4O3S2. The van der Waals surface area contributed by atoms with Crippen molar-refractivity contribution in [3.8, 4) is 0 Å². The van der Waals surface area contributed by atoms with Crippen LogP contribution in [-0.2, 0) is 34.3 Å². The van der Waals surface area contributed by atoms with Crippen LogP contribution < -0.4 is 5.32 Å². The van der Waals surface area contributed by atoms with Gasteiger partial charge in [-0.1, -0.05) is 18.5 Å². The van der Waals surface area contributed by atoms with E-state index in [4.69, 9.17) is 16.6 Å². The van der Waals surface area contributed by atoms with Crippen LogP contribution in [0.1, 0.15) is 43.3 Å². The van der Waals surface area contributed by atoms with E-state index in [-0.39, 0.29) is 10.8 Å². The summed E-state index contributed by atoms with van der Waals surface area (Å²) in [6.07, 6.45) is 3.51. The molecule has 0 unspecified atom stereocenters. The highest BCUT2D eigenvalue weighted by molar-refractivity contribution is 7.89. The number of thiophene rings is 1. The van der Waals surface area contributed by atoms with Crippen LogP contribution in [-0.4, -0.2) is 41.3 Å². The fourth-order valence-corrected chi connectivity index (χ4v) is 6.57. The summed E-state index contributed by atoms with van der Waals surface area (Å²) in [4.78, 5) is 18.4. The van der Waals surface area contributed by atoms with E-state index in [9.17, 15) is 13.2 Å². The average molecular weight is 495 g/mol. The molecule has 0 atom stereocenters. The number of aryl methyl sites for hydroxylation is 2. The first-order valence-electron chi connectivity index (χ1n) is 10.9. The Morgan fingerprint density at radius 3 is 2.69 bits per heavy atom. The maximum atomic E-state index is 12.9. The SMILES string of the molecule is CCCn1c(CCC(=O)NCc2ccc(Cl)s2)nc2cc(S(=O)(=O)N3CCCC3)ccc21. The number of halogens is 1. The summed E-state index contributed by atoms with van der Waals surface area (Å²) in [6.45, 7) is 4.45. The second kappa shape index (κ2) is 9.91. The molecule has 1 aromatic carbocycles. The van der Waals surface area contributed by atoms with Gasteiger partial charge in [0, 0.05) is 37.4 Å². The Balaban J connectivity index is 1.50. The van der Waals surface area contributed by atoms with Gasteiger partial charge in [0.25, 0.3) is 0 Å². The van der Waals surface area contributed by atoms with Gasteiger partial charge in [-0.05, 0) is 49.6 Å². The monoisotopic (exact) mass is 494 g/mol. The molecule has 1 amide bonds. The molecule has 4 rings (SSSR count). The second-order valence-electron chi connectivity index (χ2n) is 7.92. The Morgan fingerprint density at radius 1 is 1.22 bits per heavy atom. The number of sulfonamides is 1. The summed E-state index contributed by atoms with van der Waals surface area (Å²) in [7, 11) is -3.49. The minimum absolute atomic E-state index is 0.0538. The van der Waals surface area contributed by atoms with Crippen molar-refractivity contribution in [2.75, 3.05) is 13.1 Å². The molecule has 172 valence electrons. The second-order valence-corrected chi connectivity index (χ2v) is 11.7. The van der Waals surface area contributed by atoms with Crippen LogP contribution in [0.25, 0.3) is 11.0 Å². The normalized spacial score (nSPS) is 14.9. The Hall–Kier alpha value is -1.94. The highest BCUT2D eigenvalue weighted by Gasteiger charge is 2.27. The third-order valence-corrected chi connectivity index (χ3v) is 8.74. The third kappa shape index (κ3) is 5.01. The first-order valence-corrected chi connectivity index (χ1v) is 13.5. The van der Waals surface area contributed by atoms with Crippen molar-refractivity contribution in [2.45, 2.75) is 57.0 Å². The smallest absolute Gasteiger partial charge is 0.243 e. The number of imidazole rings is 1. The number of rotatable bonds is 9. The van der Waals surface area contributed by atoms with Gasteiger partial charge in [0.2, 0.25) is 15.9 Å². The average Bonchev–Trinajstić information content (AvgIpc) is 3.51. The van der Waals surface area contributed by atoms with Crippen LogP contribution in [0.2, 0.25) is 4.34 Å². The van der Waals surface area contributed by atoms with Gasteiger partial charge in [-0.25, -0.2) is 13.4 Å². The minimum Gasteiger partial charge on any atom is -0.351 e. The number of amides is 1. The number of fused-ring (bicyclic) bond motifs is 1. The molecule has 7 nitrogen and oxygen atoms in total. The zero-order valence-electron chi connectivity index (χ0n) is 18.0. The van der Waals surface area contributed by atoms with E-state index in [1.54, 1.807) is 16.4 Å². The van der Waals surface area contributed by atoms with E-state index in [2.05, 4.69) is 16.8 Å². The zero-order valence-corrected chi connectivity index (χ0v) is 20.4. The Labute approximate surface area is 197 Å². The Morgan fingerprint density at radius 2 is 2.00 bits per heavy atom. The van der Waals surface area contributed by atoms with Gasteiger partial charge in [-0.2, -0.15) is 4.31 Å². The molecule has 0 saturated carbocycles. The fourth-order valence-electron chi connectivity index (χ4n) is 4.01. The van der Waals surface area contributed by atoms with Crippen LogP contribution in [0.4, 0.5) is 0 Å². The quantitative estimate of drug-likeness (QED) is 0.483. The predicted octanol–water partition coefficient (Wildman–Crippen LogP) is 4.19. The van der Waals surface area contributed by atoms with Crippen molar-refractivity contribution in [2.24, 2.45) is 0 Å². The maximum Gasteiger partial charge on any atom is 0.243 e. The van der Waals surface area contributed by atoms with Gasteiger partial charge in [0.15, 0.2) is 0 Å². The van der Waals surface area contributed by atoms with Crippen molar-refractivity contribution < 1.29 is 13.2 Å². The third-order valence-electron chi connectivity index (χ3n) is 5.61. The van der Waals surface area contributed by atoms with Crippen molar-refractivity contribution in [3.63, 3.8) is 0 Å². The van der Waals surface area contributed by atoms with Gasteiger partial charge in [0.1, 0.15) is 5.82 Å². The van der Waals surface area contributed by atoms with Gasteiger partial charge >= 0.3 is 0 Å². The van der Waals surface area contributed by atoms with Crippen molar-refractivity contribution in [1.82, 2.24) is 19.2 Å². The highest BCUT2D eigenvalue weighted by Crippen LogP contribution is 2.26. The number of carbonyl (C=O) groups excluding carboxylic acids is 1. The highest BCUT2D eigenvalue weighted by atomic mass is 35.5. The van der Waals surface area contributed by atoms with Crippen LogP contribution >= 0.6 is 22.9 Å². The number of aromatic nitrogens is 2. The number of carbonyl (C=O) groups is 1. The number of hydrogen-bond donors (Lipinski definition) is 1. The van der Waals surface area contributed by atoms with Crippen molar-refractivity contribution in [3.05, 3.63) is 45.4 Å². The van der Waals surface area contributed by atoms with Gasteiger partial charge in [-0.3, -0.25) is 4.79 Å². The molecule has 1 saturated heterocycles. The van der Waals surface area contributed by atoms with Crippen LogP contribution in [0, 0.1) is 0 Å². The molecule has 32 heavy (non-hydrogen) atoms. The summed E-state index contributed by atoms with van der Waals surface area (Å²) in [5.41, 5.74) is 1.55. The first kappa shape index (κ1) is 23.2. The lowest BCUT2D eigenvalue weighted by molar-refractivity contribution is -0.121. The van der Waals surface area contributed by atoms with Crippen LogP contribution in [0.3, 0.4) is 0 Å². The van der Waals surface area contributed by atoms with E-state index in [0.717, 1.165) is 42.0 Å². The van der Waals surface area contributed by atoms with E-state index in [1.807, 2.05) is 18.2 Å². The minimum atomic E-state index is -3.49. The molecule has 1 N–H and O–H groups in total. The van der Waals surface area contributed by atoms with Crippen molar-refractivity contribution >= 4 is 49.9 Å². The van der Waals surface area contributed by atoms with Crippen molar-refractivity contribution in [1.29, 1.82) is 0 Å². The number of benzene rings is 1. The molecule has 1 fully saturated rings. The molecule has 1 aliphatic rings. The molecule has 0 spiro atoms. The molecular weight excluding hydrogens is 468 g/mol. The molecule has 0 aliphatic carbocycles. The Bertz CT molecular complexity index is 1210. The molecule has 2 aromatic heterocycles. The zero-order chi connectivity index (χ0) is 22.7. The summed E-state index contributed by atoms with van der Waals surface area (Å²) < 4.78 is 30.2. The lowest BCUT2D eigenvalue weighted by Gasteiger charge is -2.15. The predicted molar refractivity (Wildman–Crippen MR) is 128 cm³/mol. The summed E-state index contributed by atoms with van der Waals surface area (Å²) in [6, 6.07) is 8.90. The molecule has 1 aliphatic heterocycles. The number of nitrogens with one attached hydrogen (secondary N) is 1. The molecule has 3 aromatic rings. The van der Waals surface area contributed by atoms with E-state index in [0.29, 0.717) is 42.3 Å². The summed E-state index contributed by atoms with van der Waals surface area (Å²) >= 11 is 7.38. The largest absolute Gasteiger partial charge is 0.351 e. The van der Waals surface area contributed by atoms with Crippen LogP contribution in [0.15, 0.2) is 35.2 Å². The van der Waals surface area contributed by atoms with Gasteiger partial charge < -0.3 is 9.88 Å². The van der Waals surface area contributed by atoms with Gasteiger partial charge in [0.05, 0.1) is 26.8 Å². The standard InChI is InChI=1S/C22H27ClN4O3S2/c1-2-11-27-19-7-6-17(32(29,30)26-12-3-4-13-26)14-18(19)25-21(27)9-10-22(28)24-15-16-5-8-20(23)31-16/h5-8,14H,2-4,9-13,15H2,1H3,(H,24,28). The fraction of sp³-hybridized carbons (Fsp3) is 0.455. The lowest BCUT2D eigenvalue weighted by Crippen LogP contribution is -2.27. The number of nitrogens with zero attached hydrogens (tertiary/aromatic N) is 3. The molecule has 10 heteroatoms. The Kier molecular flexibility index (Phi) is 7.19. The van der Waals surface area contributed by atoms with E-state index in [1.165, 1.54) is 11.3 Å².